The van der Waals surface area contributed by atoms with Gasteiger partial charge in [0.1, 0.15) is 11.4 Å². The van der Waals surface area contributed by atoms with Crippen molar-refractivity contribution in [2.45, 2.75) is 18.9 Å². The first-order valence-corrected chi connectivity index (χ1v) is 8.35. The van der Waals surface area contributed by atoms with Crippen molar-refractivity contribution in [1.82, 2.24) is 15.2 Å². The van der Waals surface area contributed by atoms with E-state index in [9.17, 15) is 4.79 Å². The second kappa shape index (κ2) is 7.93. The number of benzene rings is 1. The van der Waals surface area contributed by atoms with E-state index in [0.29, 0.717) is 12.2 Å². The van der Waals surface area contributed by atoms with E-state index in [1.165, 1.54) is 12.8 Å². The minimum Gasteiger partial charge on any atom is -0.497 e. The van der Waals surface area contributed by atoms with Gasteiger partial charge in [0.2, 0.25) is 0 Å². The van der Waals surface area contributed by atoms with E-state index in [-0.39, 0.29) is 11.9 Å². The number of carbonyl (C=O) groups excluding carboxylic acids is 1. The Kier molecular flexibility index (Phi) is 5.43. The maximum Gasteiger partial charge on any atom is 0.269 e. The molecule has 1 atom stereocenters. The Hall–Kier alpha value is -2.40. The largest absolute Gasteiger partial charge is 0.497 e. The molecule has 1 aromatic heterocycles. The fourth-order valence-corrected chi connectivity index (χ4v) is 3.14. The van der Waals surface area contributed by atoms with Crippen molar-refractivity contribution in [2.75, 3.05) is 26.7 Å². The fourth-order valence-electron chi connectivity index (χ4n) is 3.14. The Labute approximate surface area is 142 Å². The predicted octanol–water partition coefficient (Wildman–Crippen LogP) is 2.66. The van der Waals surface area contributed by atoms with Gasteiger partial charge in [0.25, 0.3) is 5.91 Å². The number of pyridine rings is 1. The summed E-state index contributed by atoms with van der Waals surface area (Å²) in [6.45, 7) is 2.67. The molecule has 5 heteroatoms. The molecule has 0 spiro atoms. The Bertz CT molecular complexity index is 669. The normalized spacial score (nSPS) is 15.9. The molecule has 1 unspecified atom stereocenters. The standard InChI is InChI=1S/C19H23N3O2/c1-24-16-8-6-7-15(13-16)18(22-11-4-5-12-22)14-21-19(23)17-9-2-3-10-20-17/h2-3,6-10,13,18H,4-5,11-12,14H2,1H3,(H,21,23). The highest BCUT2D eigenvalue weighted by atomic mass is 16.5. The highest BCUT2D eigenvalue weighted by molar-refractivity contribution is 5.92. The molecule has 1 saturated heterocycles. The Morgan fingerprint density at radius 3 is 2.79 bits per heavy atom. The van der Waals surface area contributed by atoms with E-state index in [0.717, 1.165) is 24.4 Å². The van der Waals surface area contributed by atoms with E-state index in [4.69, 9.17) is 4.74 Å². The van der Waals surface area contributed by atoms with Crippen molar-refractivity contribution in [3.05, 3.63) is 59.9 Å². The number of carbonyl (C=O) groups is 1. The summed E-state index contributed by atoms with van der Waals surface area (Å²) in [4.78, 5) is 18.8. The minimum atomic E-state index is -0.136. The molecule has 0 saturated carbocycles. The van der Waals surface area contributed by atoms with Crippen molar-refractivity contribution in [3.63, 3.8) is 0 Å². The average Bonchev–Trinajstić information content (AvgIpc) is 3.17. The van der Waals surface area contributed by atoms with Crippen molar-refractivity contribution < 1.29 is 9.53 Å². The highest BCUT2D eigenvalue weighted by Crippen LogP contribution is 2.27. The Balaban J connectivity index is 1.74. The van der Waals surface area contributed by atoms with Gasteiger partial charge >= 0.3 is 0 Å². The maximum atomic E-state index is 12.3. The van der Waals surface area contributed by atoms with Gasteiger partial charge in [0.15, 0.2) is 0 Å². The second-order valence-corrected chi connectivity index (χ2v) is 5.96. The van der Waals surface area contributed by atoms with Gasteiger partial charge in [-0.15, -0.1) is 0 Å². The van der Waals surface area contributed by atoms with Crippen LogP contribution in [0.1, 0.15) is 34.9 Å². The van der Waals surface area contributed by atoms with Crippen LogP contribution in [0.4, 0.5) is 0 Å². The molecule has 1 amide bonds. The second-order valence-electron chi connectivity index (χ2n) is 5.96. The number of ether oxygens (including phenoxy) is 1. The Morgan fingerprint density at radius 2 is 2.08 bits per heavy atom. The van der Waals surface area contributed by atoms with Crippen LogP contribution in [0.25, 0.3) is 0 Å². The van der Waals surface area contributed by atoms with Crippen molar-refractivity contribution in [3.8, 4) is 5.75 Å². The van der Waals surface area contributed by atoms with Crippen LogP contribution >= 0.6 is 0 Å². The molecular formula is C19H23N3O2. The van der Waals surface area contributed by atoms with Crippen LogP contribution in [0.3, 0.4) is 0 Å². The number of amides is 1. The van der Waals surface area contributed by atoms with E-state index < -0.39 is 0 Å². The third-order valence-electron chi connectivity index (χ3n) is 4.41. The molecule has 1 aliphatic heterocycles. The van der Waals surface area contributed by atoms with Gasteiger partial charge in [-0.05, 0) is 55.8 Å². The molecule has 24 heavy (non-hydrogen) atoms. The van der Waals surface area contributed by atoms with Gasteiger partial charge < -0.3 is 10.1 Å². The number of nitrogens with one attached hydrogen (secondary N) is 1. The molecular weight excluding hydrogens is 302 g/mol. The van der Waals surface area contributed by atoms with Crippen LogP contribution < -0.4 is 10.1 Å². The van der Waals surface area contributed by atoms with Gasteiger partial charge in [0.05, 0.1) is 13.2 Å². The average molecular weight is 325 g/mol. The smallest absolute Gasteiger partial charge is 0.269 e. The lowest BCUT2D eigenvalue weighted by Crippen LogP contribution is -2.37. The molecule has 2 heterocycles. The number of methoxy groups -OCH3 is 1. The molecule has 1 fully saturated rings. The van der Waals surface area contributed by atoms with Crippen molar-refractivity contribution >= 4 is 5.91 Å². The van der Waals surface area contributed by atoms with Crippen molar-refractivity contribution in [1.29, 1.82) is 0 Å². The predicted molar refractivity (Wildman–Crippen MR) is 93.1 cm³/mol. The molecule has 3 rings (SSSR count). The minimum absolute atomic E-state index is 0.136. The maximum absolute atomic E-state index is 12.3. The topological polar surface area (TPSA) is 54.5 Å². The van der Waals surface area contributed by atoms with Crippen LogP contribution in [-0.4, -0.2) is 42.5 Å². The van der Waals surface area contributed by atoms with Crippen LogP contribution in [0.5, 0.6) is 5.75 Å². The van der Waals surface area contributed by atoms with E-state index >= 15 is 0 Å². The third kappa shape index (κ3) is 3.92. The van der Waals surface area contributed by atoms with Gasteiger partial charge in [-0.2, -0.15) is 0 Å². The zero-order valence-corrected chi connectivity index (χ0v) is 13.9. The molecule has 5 nitrogen and oxygen atoms in total. The monoisotopic (exact) mass is 325 g/mol. The molecule has 1 N–H and O–H groups in total. The SMILES string of the molecule is COc1cccc(C(CNC(=O)c2ccccn2)N2CCCC2)c1. The van der Waals surface area contributed by atoms with Crippen LogP contribution in [0.15, 0.2) is 48.7 Å². The quantitative estimate of drug-likeness (QED) is 0.887. The van der Waals surface area contributed by atoms with Crippen LogP contribution in [-0.2, 0) is 0 Å². The lowest BCUT2D eigenvalue weighted by molar-refractivity contribution is 0.0933. The molecule has 1 aromatic carbocycles. The number of nitrogens with zero attached hydrogens (tertiary/aromatic N) is 2. The summed E-state index contributed by atoms with van der Waals surface area (Å²) in [5.41, 5.74) is 1.61. The number of rotatable bonds is 6. The Morgan fingerprint density at radius 1 is 1.25 bits per heavy atom. The first-order chi connectivity index (χ1) is 11.8. The summed E-state index contributed by atoms with van der Waals surface area (Å²) in [6, 6.07) is 13.6. The number of aromatic nitrogens is 1. The summed E-state index contributed by atoms with van der Waals surface area (Å²) in [7, 11) is 1.67. The van der Waals surface area contributed by atoms with E-state index in [1.54, 1.807) is 25.4 Å². The van der Waals surface area contributed by atoms with E-state index in [2.05, 4.69) is 27.3 Å². The fraction of sp³-hybridized carbons (Fsp3) is 0.368. The lowest BCUT2D eigenvalue weighted by atomic mass is 10.0. The molecule has 0 bridgehead atoms. The number of hydrogen-bond donors (Lipinski definition) is 1. The zero-order chi connectivity index (χ0) is 16.8. The lowest BCUT2D eigenvalue weighted by Gasteiger charge is -2.28. The summed E-state index contributed by atoms with van der Waals surface area (Å²) in [5.74, 6) is 0.704. The van der Waals surface area contributed by atoms with Gasteiger partial charge in [-0.1, -0.05) is 18.2 Å². The van der Waals surface area contributed by atoms with Gasteiger partial charge in [-0.25, -0.2) is 0 Å². The zero-order valence-electron chi connectivity index (χ0n) is 13.9. The third-order valence-corrected chi connectivity index (χ3v) is 4.41. The van der Waals surface area contributed by atoms with Crippen molar-refractivity contribution in [2.24, 2.45) is 0 Å². The van der Waals surface area contributed by atoms with Gasteiger partial charge in [-0.3, -0.25) is 14.7 Å². The summed E-state index contributed by atoms with van der Waals surface area (Å²) in [6.07, 6.45) is 4.04. The molecule has 2 aromatic rings. The van der Waals surface area contributed by atoms with Crippen LogP contribution in [0.2, 0.25) is 0 Å². The molecule has 0 radical (unpaired) electrons. The number of hydrogen-bond acceptors (Lipinski definition) is 4. The van der Waals surface area contributed by atoms with Gasteiger partial charge in [0, 0.05) is 12.7 Å². The first-order valence-electron chi connectivity index (χ1n) is 8.35. The molecule has 0 aliphatic carbocycles. The first kappa shape index (κ1) is 16.5. The molecule has 126 valence electrons. The summed E-state index contributed by atoms with van der Waals surface area (Å²) in [5, 5.41) is 3.03. The highest BCUT2D eigenvalue weighted by Gasteiger charge is 2.24. The van der Waals surface area contributed by atoms with Crippen LogP contribution in [0, 0.1) is 0 Å². The summed E-state index contributed by atoms with van der Waals surface area (Å²) >= 11 is 0. The van der Waals surface area contributed by atoms with E-state index in [1.807, 2.05) is 18.2 Å². The molecule has 1 aliphatic rings. The number of likely N-dealkylation sites (tertiary alicyclic amines) is 1. The summed E-state index contributed by atoms with van der Waals surface area (Å²) < 4.78 is 5.35.